The van der Waals surface area contributed by atoms with E-state index in [9.17, 15) is 13.2 Å². The van der Waals surface area contributed by atoms with Crippen LogP contribution in [0.5, 0.6) is 0 Å². The van der Waals surface area contributed by atoms with Crippen LogP contribution >= 0.6 is 0 Å². The zero-order valence-corrected chi connectivity index (χ0v) is 21.6. The molecular formula is C27H31N5O4S. The third-order valence-electron chi connectivity index (χ3n) is 7.81. The Hall–Kier alpha value is -3.21. The predicted octanol–water partition coefficient (Wildman–Crippen LogP) is 3.78. The number of hydrogen-bond donors (Lipinski definition) is 3. The van der Waals surface area contributed by atoms with Crippen molar-refractivity contribution < 1.29 is 17.9 Å². The van der Waals surface area contributed by atoms with Gasteiger partial charge in [-0.25, -0.2) is 22.9 Å². The summed E-state index contributed by atoms with van der Waals surface area (Å²) >= 11 is 0. The fourth-order valence-corrected chi connectivity index (χ4v) is 7.16. The molecule has 3 N–H and O–H groups in total. The number of amides is 2. The lowest BCUT2D eigenvalue weighted by Crippen LogP contribution is -2.35. The van der Waals surface area contributed by atoms with Gasteiger partial charge in [0.25, 0.3) is 0 Å². The Bertz CT molecular complexity index is 1430. The fourth-order valence-electron chi connectivity index (χ4n) is 5.77. The van der Waals surface area contributed by atoms with Crippen LogP contribution in [0, 0.1) is 5.92 Å². The molecule has 6 rings (SSSR count). The lowest BCUT2D eigenvalue weighted by Gasteiger charge is -2.27. The third-order valence-corrected chi connectivity index (χ3v) is 9.38. The van der Waals surface area contributed by atoms with Crippen LogP contribution in [-0.2, 0) is 14.8 Å². The van der Waals surface area contributed by atoms with Crippen molar-refractivity contribution in [1.82, 2.24) is 15.0 Å². The van der Waals surface area contributed by atoms with E-state index in [2.05, 4.69) is 20.3 Å². The van der Waals surface area contributed by atoms with E-state index < -0.39 is 16.1 Å². The van der Waals surface area contributed by atoms with Gasteiger partial charge in [0, 0.05) is 48.3 Å². The second kappa shape index (κ2) is 9.27. The van der Waals surface area contributed by atoms with Crippen molar-refractivity contribution in [2.75, 3.05) is 36.5 Å². The summed E-state index contributed by atoms with van der Waals surface area (Å²) in [6, 6.07) is 14.2. The molecule has 3 atom stereocenters. The molecule has 2 aromatic carbocycles. The fraction of sp³-hybridized carbons (Fsp3) is 0.407. The largest absolute Gasteiger partial charge is 0.373 e. The quantitative estimate of drug-likeness (QED) is 0.416. The third kappa shape index (κ3) is 4.54. The molecule has 0 radical (unpaired) electrons. The number of anilines is 2. The number of fused-ring (bicyclic) bond motifs is 3. The molecule has 3 heterocycles. The van der Waals surface area contributed by atoms with Crippen LogP contribution in [0.4, 0.5) is 16.3 Å². The second-order valence-corrected chi connectivity index (χ2v) is 12.0. The zero-order valence-electron chi connectivity index (χ0n) is 20.7. The summed E-state index contributed by atoms with van der Waals surface area (Å²) < 4.78 is 35.8. The van der Waals surface area contributed by atoms with E-state index >= 15 is 0 Å². The van der Waals surface area contributed by atoms with Gasteiger partial charge in [-0.05, 0) is 49.8 Å². The van der Waals surface area contributed by atoms with Crippen molar-refractivity contribution in [2.24, 2.45) is 5.92 Å². The maximum Gasteiger partial charge on any atom is 0.321 e. The number of ether oxygens (including phenoxy) is 1. The summed E-state index contributed by atoms with van der Waals surface area (Å²) in [5.74, 6) is 1.32. The molecule has 3 unspecified atom stereocenters. The lowest BCUT2D eigenvalue weighted by atomic mass is 10.0. The van der Waals surface area contributed by atoms with Crippen molar-refractivity contribution in [3.63, 3.8) is 0 Å². The maximum atomic E-state index is 13.5. The van der Waals surface area contributed by atoms with Crippen LogP contribution in [0.1, 0.15) is 37.8 Å². The van der Waals surface area contributed by atoms with E-state index in [1.54, 1.807) is 11.8 Å². The Morgan fingerprint density at radius 2 is 1.97 bits per heavy atom. The second-order valence-electron chi connectivity index (χ2n) is 10.3. The molecule has 3 fully saturated rings. The Labute approximate surface area is 216 Å². The van der Waals surface area contributed by atoms with E-state index in [1.165, 1.54) is 12.6 Å². The van der Waals surface area contributed by atoms with Crippen molar-refractivity contribution in [3.05, 3.63) is 60.3 Å². The van der Waals surface area contributed by atoms with Crippen molar-refractivity contribution in [2.45, 2.75) is 42.7 Å². The first-order chi connectivity index (χ1) is 17.8. The van der Waals surface area contributed by atoms with E-state index in [-0.39, 0.29) is 16.5 Å². The topological polar surface area (TPSA) is 113 Å². The molecule has 1 aliphatic carbocycles. The average molecular weight is 522 g/mol. The standard InChI is InChI=1S/C27H31N5O4S/c1-18(20-6-8-21(9-7-20)32-13-12-28-26(32)33)31-37(34,35)24-15-29-25(23-5-3-2-4-22(23)24)30-17-27-11-10-19(14-27)16-36-27/h2-9,15,18-19,31H,10-14,16-17H2,1H3,(H,28,33)(H,29,30). The Balaban J connectivity index is 1.21. The molecule has 194 valence electrons. The van der Waals surface area contributed by atoms with Crippen molar-refractivity contribution in [1.29, 1.82) is 0 Å². The van der Waals surface area contributed by atoms with Crippen LogP contribution in [0.2, 0.25) is 0 Å². The summed E-state index contributed by atoms with van der Waals surface area (Å²) in [4.78, 5) is 18.2. The predicted molar refractivity (Wildman–Crippen MR) is 142 cm³/mol. The summed E-state index contributed by atoms with van der Waals surface area (Å²) in [7, 11) is -3.87. The lowest BCUT2D eigenvalue weighted by molar-refractivity contribution is -0.00650. The molecule has 1 aromatic heterocycles. The highest BCUT2D eigenvalue weighted by Crippen LogP contribution is 2.44. The number of carbonyl (C=O) groups excluding carboxylic acids is 1. The van der Waals surface area contributed by atoms with Crippen LogP contribution in [0.3, 0.4) is 0 Å². The first kappa shape index (κ1) is 24.1. The highest BCUT2D eigenvalue weighted by atomic mass is 32.2. The summed E-state index contributed by atoms with van der Waals surface area (Å²) in [6.07, 6.45) is 4.74. The molecule has 3 aromatic rings. The summed E-state index contributed by atoms with van der Waals surface area (Å²) in [5, 5.41) is 7.60. The normalized spacial score (nSPS) is 24.0. The minimum absolute atomic E-state index is 0.123. The van der Waals surface area contributed by atoms with Gasteiger partial charge in [0.2, 0.25) is 10.0 Å². The van der Waals surface area contributed by atoms with Gasteiger partial charge in [-0.1, -0.05) is 36.4 Å². The van der Waals surface area contributed by atoms with E-state index in [1.807, 2.05) is 48.5 Å². The smallest absolute Gasteiger partial charge is 0.321 e. The molecular weight excluding hydrogens is 490 g/mol. The Morgan fingerprint density at radius 1 is 1.19 bits per heavy atom. The van der Waals surface area contributed by atoms with E-state index in [4.69, 9.17) is 4.74 Å². The highest BCUT2D eigenvalue weighted by molar-refractivity contribution is 7.89. The number of rotatable bonds is 8. The molecule has 10 heteroatoms. The minimum atomic E-state index is -3.87. The van der Waals surface area contributed by atoms with Crippen LogP contribution in [0.15, 0.2) is 59.6 Å². The molecule has 3 aliphatic rings. The monoisotopic (exact) mass is 521 g/mol. The van der Waals surface area contributed by atoms with Crippen molar-refractivity contribution in [3.8, 4) is 0 Å². The number of benzene rings is 2. The molecule has 2 bridgehead atoms. The molecule has 2 amide bonds. The van der Waals surface area contributed by atoms with Gasteiger partial charge in [0.15, 0.2) is 0 Å². The van der Waals surface area contributed by atoms with Gasteiger partial charge in [0.1, 0.15) is 10.7 Å². The first-order valence-corrected chi connectivity index (χ1v) is 14.3. The number of sulfonamides is 1. The van der Waals surface area contributed by atoms with Gasteiger partial charge < -0.3 is 15.4 Å². The highest BCUT2D eigenvalue weighted by Gasteiger charge is 2.46. The Kier molecular flexibility index (Phi) is 6.05. The summed E-state index contributed by atoms with van der Waals surface area (Å²) in [6.45, 7) is 4.52. The van der Waals surface area contributed by atoms with Gasteiger partial charge in [0.05, 0.1) is 12.2 Å². The molecule has 1 saturated carbocycles. The number of nitrogens with zero attached hydrogens (tertiary/aromatic N) is 2. The molecule has 0 spiro atoms. The number of pyridine rings is 1. The number of nitrogens with one attached hydrogen (secondary N) is 3. The van der Waals surface area contributed by atoms with Crippen molar-refractivity contribution >= 4 is 38.3 Å². The molecule has 37 heavy (non-hydrogen) atoms. The molecule has 9 nitrogen and oxygen atoms in total. The SMILES string of the molecule is CC(NS(=O)(=O)c1cnc(NCC23CCC(CO2)C3)c2ccccc12)c1ccc(N2CCNC2=O)cc1. The maximum absolute atomic E-state index is 13.5. The summed E-state index contributed by atoms with van der Waals surface area (Å²) in [5.41, 5.74) is 1.44. The molecule has 2 saturated heterocycles. The average Bonchev–Trinajstić information content (AvgIpc) is 3.63. The van der Waals surface area contributed by atoms with Gasteiger partial charge >= 0.3 is 6.03 Å². The van der Waals surface area contributed by atoms with E-state index in [0.29, 0.717) is 36.8 Å². The number of carbonyl (C=O) groups is 1. The number of hydrogen-bond acceptors (Lipinski definition) is 6. The first-order valence-electron chi connectivity index (χ1n) is 12.8. The zero-order chi connectivity index (χ0) is 25.6. The van der Waals surface area contributed by atoms with Gasteiger partial charge in [-0.2, -0.15) is 0 Å². The number of urea groups is 1. The van der Waals surface area contributed by atoms with Gasteiger partial charge in [-0.15, -0.1) is 0 Å². The number of aromatic nitrogens is 1. The van der Waals surface area contributed by atoms with E-state index in [0.717, 1.165) is 36.1 Å². The van der Waals surface area contributed by atoms with Gasteiger partial charge in [-0.3, -0.25) is 4.90 Å². The Morgan fingerprint density at radius 3 is 2.62 bits per heavy atom. The minimum Gasteiger partial charge on any atom is -0.373 e. The van der Waals surface area contributed by atoms with Crippen LogP contribution in [-0.4, -0.2) is 51.3 Å². The van der Waals surface area contributed by atoms with Crippen LogP contribution < -0.4 is 20.3 Å². The van der Waals surface area contributed by atoms with Crippen LogP contribution in [0.25, 0.3) is 10.8 Å². The molecule has 2 aliphatic heterocycles.